The molecule has 1 aliphatic heterocycles. The molecule has 2 rings (SSSR count). The lowest BCUT2D eigenvalue weighted by molar-refractivity contribution is 0.346. The first-order chi connectivity index (χ1) is 9.26. The number of aromatic nitrogens is 2. The summed E-state index contributed by atoms with van der Waals surface area (Å²) < 4.78 is 0. The van der Waals surface area contributed by atoms with Crippen LogP contribution in [0.3, 0.4) is 0 Å². The van der Waals surface area contributed by atoms with Crippen LogP contribution in [0.1, 0.15) is 25.3 Å². The second-order valence-corrected chi connectivity index (χ2v) is 4.99. The zero-order valence-corrected chi connectivity index (χ0v) is 11.9. The third kappa shape index (κ3) is 3.33. The van der Waals surface area contributed by atoms with Gasteiger partial charge in [0.1, 0.15) is 18.0 Å². The number of nitrogens with two attached hydrogens (primary N) is 1. The number of likely N-dealkylation sites (N-methyl/N-ethyl adjacent to an activating group) is 1. The van der Waals surface area contributed by atoms with E-state index in [1.54, 1.807) is 6.33 Å². The van der Waals surface area contributed by atoms with Crippen LogP contribution < -0.4 is 16.2 Å². The normalized spacial score (nSPS) is 15.7. The highest BCUT2D eigenvalue weighted by Crippen LogP contribution is 2.22. The molecule has 0 unspecified atom stereocenters. The average molecular weight is 264 g/mol. The molecule has 1 fully saturated rings. The van der Waals surface area contributed by atoms with Gasteiger partial charge in [0.05, 0.1) is 0 Å². The molecule has 0 bridgehead atoms. The lowest BCUT2D eigenvalue weighted by Crippen LogP contribution is -2.32. The van der Waals surface area contributed by atoms with E-state index in [-0.39, 0.29) is 0 Å². The highest BCUT2D eigenvalue weighted by molar-refractivity contribution is 5.57. The summed E-state index contributed by atoms with van der Waals surface area (Å²) in [7, 11) is 2.08. The van der Waals surface area contributed by atoms with E-state index in [9.17, 15) is 0 Å². The summed E-state index contributed by atoms with van der Waals surface area (Å²) >= 11 is 0. The molecule has 6 nitrogen and oxygen atoms in total. The van der Waals surface area contributed by atoms with E-state index in [2.05, 4.69) is 39.2 Å². The fourth-order valence-corrected chi connectivity index (χ4v) is 2.59. The summed E-state index contributed by atoms with van der Waals surface area (Å²) in [6, 6.07) is 0. The van der Waals surface area contributed by atoms with Crippen molar-refractivity contribution in [3.05, 3.63) is 11.9 Å². The van der Waals surface area contributed by atoms with Crippen molar-refractivity contribution in [2.24, 2.45) is 5.84 Å². The van der Waals surface area contributed by atoms with Crippen LogP contribution in [0.25, 0.3) is 0 Å². The molecule has 0 atom stereocenters. The van der Waals surface area contributed by atoms with Gasteiger partial charge in [0, 0.05) is 25.7 Å². The van der Waals surface area contributed by atoms with Crippen LogP contribution >= 0.6 is 0 Å². The smallest absolute Gasteiger partial charge is 0.148 e. The van der Waals surface area contributed by atoms with Crippen LogP contribution in [0.15, 0.2) is 6.33 Å². The average Bonchev–Trinajstić information content (AvgIpc) is 2.97. The standard InChI is InChI=1S/C13H24N6/c1-3-11-12(17-14)15-10-16-13(11)18(2)8-9-19-6-4-5-7-19/h10H,3-9,14H2,1-2H3,(H,15,16,17). The molecule has 0 saturated carbocycles. The Balaban J connectivity index is 2.02. The number of nitrogens with one attached hydrogen (secondary N) is 1. The van der Waals surface area contributed by atoms with E-state index in [1.165, 1.54) is 25.9 Å². The van der Waals surface area contributed by atoms with Crippen molar-refractivity contribution in [1.82, 2.24) is 14.9 Å². The summed E-state index contributed by atoms with van der Waals surface area (Å²) in [5.41, 5.74) is 3.73. The van der Waals surface area contributed by atoms with E-state index in [4.69, 9.17) is 5.84 Å². The molecule has 0 aliphatic carbocycles. The molecule has 1 aliphatic rings. The Morgan fingerprint density at radius 3 is 2.74 bits per heavy atom. The molecule has 0 aromatic carbocycles. The number of anilines is 2. The van der Waals surface area contributed by atoms with Gasteiger partial charge in [-0.15, -0.1) is 0 Å². The SMILES string of the molecule is CCc1c(NN)ncnc1N(C)CCN1CCCC1. The maximum Gasteiger partial charge on any atom is 0.148 e. The van der Waals surface area contributed by atoms with E-state index in [0.29, 0.717) is 0 Å². The molecule has 106 valence electrons. The lowest BCUT2D eigenvalue weighted by Gasteiger charge is -2.24. The predicted octanol–water partition coefficient (Wildman–Crippen LogP) is 0.857. The first-order valence-corrected chi connectivity index (χ1v) is 7.00. The summed E-state index contributed by atoms with van der Waals surface area (Å²) in [4.78, 5) is 13.3. The van der Waals surface area contributed by atoms with Gasteiger partial charge in [-0.3, -0.25) is 0 Å². The minimum absolute atomic E-state index is 0.723. The Kier molecular flexibility index (Phi) is 4.93. The highest BCUT2D eigenvalue weighted by atomic mass is 15.3. The van der Waals surface area contributed by atoms with Crippen molar-refractivity contribution in [2.75, 3.05) is 43.6 Å². The van der Waals surface area contributed by atoms with E-state index >= 15 is 0 Å². The second-order valence-electron chi connectivity index (χ2n) is 4.99. The third-order valence-electron chi connectivity index (χ3n) is 3.72. The van der Waals surface area contributed by atoms with Crippen molar-refractivity contribution in [2.45, 2.75) is 26.2 Å². The number of hydrazine groups is 1. The fraction of sp³-hybridized carbons (Fsp3) is 0.692. The number of rotatable bonds is 6. The van der Waals surface area contributed by atoms with Gasteiger partial charge in [0.15, 0.2) is 0 Å². The molecule has 3 N–H and O–H groups in total. The fourth-order valence-electron chi connectivity index (χ4n) is 2.59. The first-order valence-electron chi connectivity index (χ1n) is 7.00. The zero-order valence-electron chi connectivity index (χ0n) is 11.9. The number of hydrogen-bond acceptors (Lipinski definition) is 6. The molecule has 1 aromatic heterocycles. The van der Waals surface area contributed by atoms with Crippen LogP contribution in [-0.2, 0) is 6.42 Å². The van der Waals surface area contributed by atoms with Crippen molar-refractivity contribution in [3.63, 3.8) is 0 Å². The van der Waals surface area contributed by atoms with Crippen molar-refractivity contribution < 1.29 is 0 Å². The molecule has 0 amide bonds. The largest absolute Gasteiger partial charge is 0.358 e. The predicted molar refractivity (Wildman–Crippen MR) is 78.2 cm³/mol. The van der Waals surface area contributed by atoms with Crippen molar-refractivity contribution in [3.8, 4) is 0 Å². The number of likely N-dealkylation sites (tertiary alicyclic amines) is 1. The molecule has 6 heteroatoms. The zero-order chi connectivity index (χ0) is 13.7. The van der Waals surface area contributed by atoms with Crippen molar-refractivity contribution >= 4 is 11.6 Å². The Labute approximate surface area is 115 Å². The summed E-state index contributed by atoms with van der Waals surface area (Å²) in [6.45, 7) is 6.63. The van der Waals surface area contributed by atoms with Gasteiger partial charge >= 0.3 is 0 Å². The van der Waals surface area contributed by atoms with Gasteiger partial charge in [-0.1, -0.05) is 6.92 Å². The number of nitrogens with zero attached hydrogens (tertiary/aromatic N) is 4. The van der Waals surface area contributed by atoms with Gasteiger partial charge in [0.25, 0.3) is 0 Å². The summed E-state index contributed by atoms with van der Waals surface area (Å²) in [5.74, 6) is 7.20. The molecule has 2 heterocycles. The molecular weight excluding hydrogens is 240 g/mol. The minimum atomic E-state index is 0.723. The first kappa shape index (κ1) is 14.0. The van der Waals surface area contributed by atoms with Crippen LogP contribution in [0.5, 0.6) is 0 Å². The Hall–Kier alpha value is -1.40. The van der Waals surface area contributed by atoms with Crippen LogP contribution in [0.2, 0.25) is 0 Å². The van der Waals surface area contributed by atoms with Crippen molar-refractivity contribution in [1.29, 1.82) is 0 Å². The Morgan fingerprint density at radius 1 is 1.37 bits per heavy atom. The van der Waals surface area contributed by atoms with E-state index < -0.39 is 0 Å². The molecule has 0 spiro atoms. The maximum absolute atomic E-state index is 5.50. The van der Waals surface area contributed by atoms with Crippen LogP contribution in [0.4, 0.5) is 11.6 Å². The van der Waals surface area contributed by atoms with E-state index in [0.717, 1.165) is 36.7 Å². The van der Waals surface area contributed by atoms with Crippen LogP contribution in [0, 0.1) is 0 Å². The van der Waals surface area contributed by atoms with Gasteiger partial charge in [-0.25, -0.2) is 15.8 Å². The lowest BCUT2D eigenvalue weighted by atomic mass is 10.2. The molecule has 0 radical (unpaired) electrons. The van der Waals surface area contributed by atoms with E-state index in [1.807, 2.05) is 0 Å². The van der Waals surface area contributed by atoms with Gasteiger partial charge < -0.3 is 15.2 Å². The third-order valence-corrected chi connectivity index (χ3v) is 3.72. The topological polar surface area (TPSA) is 70.3 Å². The number of hydrogen-bond donors (Lipinski definition) is 2. The Morgan fingerprint density at radius 2 is 2.11 bits per heavy atom. The monoisotopic (exact) mass is 264 g/mol. The summed E-state index contributed by atoms with van der Waals surface area (Å²) in [6.07, 6.45) is 5.09. The minimum Gasteiger partial charge on any atom is -0.358 e. The molecular formula is C13H24N6. The summed E-state index contributed by atoms with van der Waals surface area (Å²) in [5, 5.41) is 0. The Bertz CT molecular complexity index is 402. The van der Waals surface area contributed by atoms with Crippen LogP contribution in [-0.4, -0.2) is 48.1 Å². The highest BCUT2D eigenvalue weighted by Gasteiger charge is 2.15. The maximum atomic E-state index is 5.50. The van der Waals surface area contributed by atoms with Gasteiger partial charge in [-0.05, 0) is 32.4 Å². The number of nitrogen functional groups attached to an aromatic ring is 1. The molecule has 1 saturated heterocycles. The quantitative estimate of drug-likeness (QED) is 0.586. The molecule has 1 aromatic rings. The second kappa shape index (κ2) is 6.68. The van der Waals surface area contributed by atoms with Gasteiger partial charge in [0.2, 0.25) is 0 Å². The molecule has 19 heavy (non-hydrogen) atoms. The van der Waals surface area contributed by atoms with Gasteiger partial charge in [-0.2, -0.15) is 0 Å².